The Morgan fingerprint density at radius 1 is 1.04 bits per heavy atom. The number of aromatic nitrogens is 2. The average molecular weight is 417 g/mol. The Hall–Kier alpha value is -1.14. The van der Waals surface area contributed by atoms with Gasteiger partial charge in [-0.1, -0.05) is 41.6 Å². The molecular weight excluding hydrogens is 388 g/mol. The van der Waals surface area contributed by atoms with Crippen LogP contribution in [0.15, 0.2) is 41.7 Å². The normalized spacial score (nSPS) is 21.2. The van der Waals surface area contributed by atoms with Crippen LogP contribution in [0.25, 0.3) is 0 Å². The molecule has 2 aliphatic rings. The Labute approximate surface area is 177 Å². The highest BCUT2D eigenvalue weighted by molar-refractivity contribution is 7.99. The molecule has 1 atom stereocenters. The van der Waals surface area contributed by atoms with Crippen molar-refractivity contribution in [3.63, 3.8) is 0 Å². The molecule has 0 radical (unpaired) electrons. The molecule has 150 valence electrons. The van der Waals surface area contributed by atoms with Crippen LogP contribution < -0.4 is 0 Å². The van der Waals surface area contributed by atoms with E-state index in [9.17, 15) is 0 Å². The van der Waals surface area contributed by atoms with E-state index < -0.39 is 0 Å². The van der Waals surface area contributed by atoms with Crippen LogP contribution in [0.2, 0.25) is 5.02 Å². The van der Waals surface area contributed by atoms with Gasteiger partial charge in [-0.25, -0.2) is 9.97 Å². The lowest BCUT2D eigenvalue weighted by molar-refractivity contribution is 0.198. The van der Waals surface area contributed by atoms with E-state index in [-0.39, 0.29) is 0 Å². The van der Waals surface area contributed by atoms with E-state index in [2.05, 4.69) is 33.0 Å². The van der Waals surface area contributed by atoms with E-state index >= 15 is 0 Å². The Bertz CT molecular complexity index is 766. The van der Waals surface area contributed by atoms with Crippen molar-refractivity contribution in [3.05, 3.63) is 52.8 Å². The first kappa shape index (κ1) is 20.1. The van der Waals surface area contributed by atoms with Gasteiger partial charge in [-0.15, -0.1) is 0 Å². The highest BCUT2D eigenvalue weighted by Crippen LogP contribution is 2.28. The van der Waals surface area contributed by atoms with Gasteiger partial charge in [0.25, 0.3) is 0 Å². The molecule has 3 heterocycles. The minimum Gasteiger partial charge on any atom is -0.303 e. The Morgan fingerprint density at radius 2 is 1.86 bits per heavy atom. The van der Waals surface area contributed by atoms with Gasteiger partial charge in [0, 0.05) is 48.2 Å². The van der Waals surface area contributed by atoms with Crippen molar-refractivity contribution >= 4 is 23.4 Å². The number of thioether (sulfide) groups is 1. The fraction of sp³-hybridized carbons (Fsp3) is 0.545. The zero-order valence-corrected chi connectivity index (χ0v) is 18.0. The van der Waals surface area contributed by atoms with E-state index in [1.807, 2.05) is 18.3 Å². The van der Waals surface area contributed by atoms with Crippen LogP contribution in [0, 0.1) is 0 Å². The standard InChI is InChI=1S/C22H29ClN4S/c23-20-8-2-1-6-18(20)16-27-13-5-7-19(17-27)21-9-10-24-22(25-21)28-15-14-26-11-3-4-12-26/h1-2,6,8-10,19H,3-5,7,11-17H2/t19-/m0/s1. The maximum atomic E-state index is 6.36. The van der Waals surface area contributed by atoms with E-state index in [0.717, 1.165) is 42.1 Å². The smallest absolute Gasteiger partial charge is 0.187 e. The van der Waals surface area contributed by atoms with E-state index in [1.165, 1.54) is 50.0 Å². The molecule has 6 heteroatoms. The monoisotopic (exact) mass is 416 g/mol. The molecule has 0 unspecified atom stereocenters. The molecule has 4 rings (SSSR count). The van der Waals surface area contributed by atoms with E-state index in [4.69, 9.17) is 16.6 Å². The van der Waals surface area contributed by atoms with Crippen LogP contribution in [0.3, 0.4) is 0 Å². The van der Waals surface area contributed by atoms with Gasteiger partial charge in [0.2, 0.25) is 0 Å². The zero-order valence-electron chi connectivity index (χ0n) is 16.4. The molecule has 1 aromatic heterocycles. The van der Waals surface area contributed by atoms with Gasteiger partial charge in [0.15, 0.2) is 5.16 Å². The van der Waals surface area contributed by atoms with Crippen molar-refractivity contribution in [3.8, 4) is 0 Å². The van der Waals surface area contributed by atoms with Crippen LogP contribution in [0.5, 0.6) is 0 Å². The number of rotatable bonds is 7. The minimum atomic E-state index is 0.483. The van der Waals surface area contributed by atoms with Gasteiger partial charge in [-0.2, -0.15) is 0 Å². The third-order valence-electron chi connectivity index (χ3n) is 5.77. The Kier molecular flexibility index (Phi) is 7.24. The second kappa shape index (κ2) is 10.1. The number of nitrogens with zero attached hydrogens (tertiary/aromatic N) is 4. The van der Waals surface area contributed by atoms with Crippen LogP contribution >= 0.6 is 23.4 Å². The first-order valence-corrected chi connectivity index (χ1v) is 11.8. The number of benzene rings is 1. The first-order chi connectivity index (χ1) is 13.8. The fourth-order valence-electron chi connectivity index (χ4n) is 4.23. The first-order valence-electron chi connectivity index (χ1n) is 10.4. The molecule has 2 aliphatic heterocycles. The lowest BCUT2D eigenvalue weighted by Crippen LogP contribution is -2.34. The zero-order chi connectivity index (χ0) is 19.2. The quantitative estimate of drug-likeness (QED) is 0.482. The number of hydrogen-bond donors (Lipinski definition) is 0. The topological polar surface area (TPSA) is 32.3 Å². The summed E-state index contributed by atoms with van der Waals surface area (Å²) < 4.78 is 0. The van der Waals surface area contributed by atoms with Crippen molar-refractivity contribution in [2.45, 2.75) is 43.3 Å². The summed E-state index contributed by atoms with van der Waals surface area (Å²) in [5.41, 5.74) is 2.41. The van der Waals surface area contributed by atoms with Gasteiger partial charge in [-0.3, -0.25) is 4.90 Å². The summed E-state index contributed by atoms with van der Waals surface area (Å²) in [4.78, 5) is 14.5. The van der Waals surface area contributed by atoms with Gasteiger partial charge in [-0.05, 0) is 63.0 Å². The Morgan fingerprint density at radius 3 is 2.71 bits per heavy atom. The Balaban J connectivity index is 1.33. The predicted octanol–water partition coefficient (Wildman–Crippen LogP) is 4.70. The van der Waals surface area contributed by atoms with Crippen LogP contribution in [0.4, 0.5) is 0 Å². The summed E-state index contributed by atoms with van der Waals surface area (Å²) in [6.45, 7) is 6.74. The van der Waals surface area contributed by atoms with Crippen molar-refractivity contribution in [2.75, 3.05) is 38.5 Å². The van der Waals surface area contributed by atoms with E-state index in [0.29, 0.717) is 5.92 Å². The summed E-state index contributed by atoms with van der Waals surface area (Å²) >= 11 is 8.16. The number of halogens is 1. The lowest BCUT2D eigenvalue weighted by Gasteiger charge is -2.32. The molecule has 2 saturated heterocycles. The highest BCUT2D eigenvalue weighted by atomic mass is 35.5. The molecule has 2 fully saturated rings. The van der Waals surface area contributed by atoms with Crippen LogP contribution in [0.1, 0.15) is 42.9 Å². The van der Waals surface area contributed by atoms with Crippen molar-refractivity contribution < 1.29 is 0 Å². The van der Waals surface area contributed by atoms with Crippen LogP contribution in [-0.2, 0) is 6.54 Å². The van der Waals surface area contributed by atoms with Gasteiger partial charge >= 0.3 is 0 Å². The van der Waals surface area contributed by atoms with E-state index in [1.54, 1.807) is 11.8 Å². The predicted molar refractivity (Wildman–Crippen MR) is 117 cm³/mol. The number of hydrogen-bond acceptors (Lipinski definition) is 5. The van der Waals surface area contributed by atoms with Crippen molar-refractivity contribution in [2.24, 2.45) is 0 Å². The van der Waals surface area contributed by atoms with Crippen molar-refractivity contribution in [1.29, 1.82) is 0 Å². The fourth-order valence-corrected chi connectivity index (χ4v) is 5.26. The third kappa shape index (κ3) is 5.47. The number of likely N-dealkylation sites (tertiary alicyclic amines) is 2. The second-order valence-electron chi connectivity index (χ2n) is 7.83. The van der Waals surface area contributed by atoms with Crippen molar-refractivity contribution in [1.82, 2.24) is 19.8 Å². The summed E-state index contributed by atoms with van der Waals surface area (Å²) in [5.74, 6) is 1.56. The average Bonchev–Trinajstić information content (AvgIpc) is 3.24. The SMILES string of the molecule is Clc1ccccc1CN1CCC[C@H](c2ccnc(SCCN3CCCC3)n2)C1. The van der Waals surface area contributed by atoms with Gasteiger partial charge < -0.3 is 4.90 Å². The molecule has 0 saturated carbocycles. The summed E-state index contributed by atoms with van der Waals surface area (Å²) in [7, 11) is 0. The minimum absolute atomic E-state index is 0.483. The molecule has 0 amide bonds. The molecule has 4 nitrogen and oxygen atoms in total. The molecule has 1 aromatic carbocycles. The summed E-state index contributed by atoms with van der Waals surface area (Å²) in [5, 5.41) is 1.79. The maximum Gasteiger partial charge on any atom is 0.187 e. The van der Waals surface area contributed by atoms with Gasteiger partial charge in [0.1, 0.15) is 0 Å². The highest BCUT2D eigenvalue weighted by Gasteiger charge is 2.23. The molecule has 28 heavy (non-hydrogen) atoms. The lowest BCUT2D eigenvalue weighted by atomic mass is 9.94. The summed E-state index contributed by atoms with van der Waals surface area (Å²) in [6.07, 6.45) is 7.05. The van der Waals surface area contributed by atoms with Crippen LogP contribution in [-0.4, -0.2) is 58.2 Å². The number of piperidine rings is 1. The molecule has 0 bridgehead atoms. The molecule has 2 aromatic rings. The van der Waals surface area contributed by atoms with Gasteiger partial charge in [0.05, 0.1) is 0 Å². The summed E-state index contributed by atoms with van der Waals surface area (Å²) in [6, 6.07) is 10.3. The largest absolute Gasteiger partial charge is 0.303 e. The molecule has 0 spiro atoms. The molecule has 0 aliphatic carbocycles. The molecule has 0 N–H and O–H groups in total. The molecular formula is C22H29ClN4S. The maximum absolute atomic E-state index is 6.36. The third-order valence-corrected chi connectivity index (χ3v) is 6.98. The second-order valence-corrected chi connectivity index (χ2v) is 9.30.